The van der Waals surface area contributed by atoms with E-state index in [4.69, 9.17) is 0 Å². The Morgan fingerprint density at radius 1 is 1.31 bits per heavy atom. The van der Waals surface area contributed by atoms with Crippen molar-refractivity contribution in [3.63, 3.8) is 0 Å². The number of guanidine groups is 1. The van der Waals surface area contributed by atoms with Gasteiger partial charge in [0.05, 0.1) is 0 Å². The molecule has 0 radical (unpaired) electrons. The molecule has 3 heterocycles. The molecule has 2 N–H and O–H groups in total. The number of aromatic nitrogens is 4. The lowest BCUT2D eigenvalue weighted by molar-refractivity contribution is -0.142. The van der Waals surface area contributed by atoms with Crippen LogP contribution in [0.3, 0.4) is 0 Å². The van der Waals surface area contributed by atoms with Crippen LogP contribution in [0.15, 0.2) is 29.6 Å². The molecule has 1 atom stereocenters. The molecule has 0 spiro atoms. The van der Waals surface area contributed by atoms with E-state index >= 15 is 0 Å². The molecule has 1 unspecified atom stereocenters. The summed E-state index contributed by atoms with van der Waals surface area (Å²) in [5, 5.41) is 9.74. The molecule has 1 saturated heterocycles. The van der Waals surface area contributed by atoms with Crippen molar-refractivity contribution in [3.05, 3.63) is 35.9 Å². The van der Waals surface area contributed by atoms with Crippen molar-refractivity contribution in [2.45, 2.75) is 31.6 Å². The lowest BCUT2D eigenvalue weighted by Crippen LogP contribution is -2.51. The number of aryl methyl sites for hydroxylation is 1. The van der Waals surface area contributed by atoms with Gasteiger partial charge in [0.1, 0.15) is 0 Å². The molecule has 12 heteroatoms. The first-order valence-electron chi connectivity index (χ1n) is 8.95. The fraction of sp³-hybridized carbons (Fsp3) is 0.529. The average molecular weight is 524 g/mol. The van der Waals surface area contributed by atoms with E-state index in [1.807, 2.05) is 0 Å². The van der Waals surface area contributed by atoms with Gasteiger partial charge in [-0.3, -0.25) is 9.67 Å². The zero-order valence-corrected chi connectivity index (χ0v) is 18.5. The lowest BCUT2D eigenvalue weighted by atomic mass is 10.1. The van der Waals surface area contributed by atoms with E-state index < -0.39 is 11.9 Å². The van der Waals surface area contributed by atoms with Gasteiger partial charge in [-0.1, -0.05) is 0 Å². The Balaban J connectivity index is 0.00000300. The fourth-order valence-corrected chi connectivity index (χ4v) is 3.20. The van der Waals surface area contributed by atoms with Gasteiger partial charge in [0, 0.05) is 63.9 Å². The van der Waals surface area contributed by atoms with Gasteiger partial charge in [0.15, 0.2) is 11.7 Å². The molecule has 0 aliphatic carbocycles. The van der Waals surface area contributed by atoms with Crippen LogP contribution in [0.4, 0.5) is 19.1 Å². The molecular weight excluding hydrogens is 500 g/mol. The molecule has 8 nitrogen and oxygen atoms in total. The number of hydrogen-bond donors (Lipinski definition) is 2. The second kappa shape index (κ2) is 10.1. The van der Waals surface area contributed by atoms with E-state index in [1.165, 1.54) is 13.2 Å². The summed E-state index contributed by atoms with van der Waals surface area (Å²) >= 11 is 0. The first-order valence-corrected chi connectivity index (χ1v) is 8.95. The Kier molecular flexibility index (Phi) is 8.05. The highest BCUT2D eigenvalue weighted by Crippen LogP contribution is 2.30. The molecule has 0 saturated carbocycles. The summed E-state index contributed by atoms with van der Waals surface area (Å²) in [6.07, 6.45) is 2.14. The first-order chi connectivity index (χ1) is 13.4. The minimum atomic E-state index is -4.49. The second-order valence-electron chi connectivity index (χ2n) is 6.58. The summed E-state index contributed by atoms with van der Waals surface area (Å²) in [6.45, 7) is 1.52. The predicted octanol–water partition coefficient (Wildman–Crippen LogP) is 2.18. The predicted molar refractivity (Wildman–Crippen MR) is 114 cm³/mol. The van der Waals surface area contributed by atoms with Crippen LogP contribution in [0.1, 0.15) is 24.1 Å². The van der Waals surface area contributed by atoms with Crippen molar-refractivity contribution < 1.29 is 13.2 Å². The number of anilines is 1. The molecule has 1 aliphatic heterocycles. The molecule has 2 aromatic rings. The molecule has 0 aromatic carbocycles. The molecular formula is C17H24F3IN8. The Bertz CT molecular complexity index is 809. The van der Waals surface area contributed by atoms with Gasteiger partial charge in [-0.2, -0.15) is 18.3 Å². The maximum atomic E-state index is 13.1. The van der Waals surface area contributed by atoms with Crippen LogP contribution in [0.2, 0.25) is 0 Å². The average Bonchev–Trinajstić information content (AvgIpc) is 3.07. The third kappa shape index (κ3) is 6.18. The van der Waals surface area contributed by atoms with Gasteiger partial charge in [-0.05, 0) is 18.9 Å². The number of aliphatic imine (C=N–C) groups is 1. The van der Waals surface area contributed by atoms with Crippen LogP contribution in [0.25, 0.3) is 0 Å². The lowest BCUT2D eigenvalue weighted by Gasteiger charge is -2.33. The number of piperidine rings is 1. The Morgan fingerprint density at radius 3 is 2.69 bits per heavy atom. The van der Waals surface area contributed by atoms with Crippen LogP contribution < -0.4 is 15.5 Å². The van der Waals surface area contributed by atoms with E-state index in [1.54, 1.807) is 25.5 Å². The van der Waals surface area contributed by atoms with Gasteiger partial charge in [-0.25, -0.2) is 9.97 Å². The van der Waals surface area contributed by atoms with E-state index in [2.05, 4.69) is 35.6 Å². The summed E-state index contributed by atoms with van der Waals surface area (Å²) < 4.78 is 40.4. The summed E-state index contributed by atoms with van der Waals surface area (Å²) in [7, 11) is 3.05. The molecule has 2 aromatic heterocycles. The van der Waals surface area contributed by atoms with E-state index in [9.17, 15) is 13.2 Å². The summed E-state index contributed by atoms with van der Waals surface area (Å²) in [5.41, 5.74) is -0.816. The zero-order chi connectivity index (χ0) is 20.1. The second-order valence-corrected chi connectivity index (χ2v) is 6.58. The van der Waals surface area contributed by atoms with Crippen LogP contribution >= 0.6 is 24.0 Å². The van der Waals surface area contributed by atoms with Crippen molar-refractivity contribution in [2.75, 3.05) is 25.0 Å². The monoisotopic (exact) mass is 524 g/mol. The van der Waals surface area contributed by atoms with Gasteiger partial charge < -0.3 is 15.5 Å². The van der Waals surface area contributed by atoms with Crippen molar-refractivity contribution in [2.24, 2.45) is 12.0 Å². The summed E-state index contributed by atoms with van der Waals surface area (Å²) in [4.78, 5) is 14.8. The van der Waals surface area contributed by atoms with Gasteiger partial charge >= 0.3 is 6.18 Å². The van der Waals surface area contributed by atoms with E-state index in [0.717, 1.165) is 24.1 Å². The number of nitrogens with one attached hydrogen (secondary N) is 2. The van der Waals surface area contributed by atoms with Gasteiger partial charge in [0.2, 0.25) is 5.95 Å². The van der Waals surface area contributed by atoms with Gasteiger partial charge in [0.25, 0.3) is 0 Å². The van der Waals surface area contributed by atoms with Gasteiger partial charge in [-0.15, -0.1) is 24.0 Å². The number of alkyl halides is 3. The van der Waals surface area contributed by atoms with E-state index in [-0.39, 0.29) is 42.1 Å². The number of rotatable bonds is 4. The van der Waals surface area contributed by atoms with Crippen molar-refractivity contribution in [1.82, 2.24) is 30.4 Å². The minimum Gasteiger partial charge on any atom is -0.352 e. The highest BCUT2D eigenvalue weighted by Gasteiger charge is 2.36. The summed E-state index contributed by atoms with van der Waals surface area (Å²) in [6, 6.07) is 1.85. The van der Waals surface area contributed by atoms with Crippen LogP contribution in [0, 0.1) is 0 Å². The molecule has 160 valence electrons. The molecule has 29 heavy (non-hydrogen) atoms. The largest absolute Gasteiger partial charge is 0.435 e. The molecule has 0 bridgehead atoms. The quantitative estimate of drug-likeness (QED) is 0.363. The highest BCUT2D eigenvalue weighted by molar-refractivity contribution is 14.0. The van der Waals surface area contributed by atoms with Crippen LogP contribution in [-0.2, 0) is 19.8 Å². The third-order valence-electron chi connectivity index (χ3n) is 4.44. The van der Waals surface area contributed by atoms with Crippen LogP contribution in [0.5, 0.6) is 0 Å². The van der Waals surface area contributed by atoms with E-state index in [0.29, 0.717) is 18.5 Å². The highest BCUT2D eigenvalue weighted by atomic mass is 127. The molecule has 3 rings (SSSR count). The maximum Gasteiger partial charge on any atom is 0.435 e. The van der Waals surface area contributed by atoms with Crippen molar-refractivity contribution in [1.29, 1.82) is 0 Å². The smallest absolute Gasteiger partial charge is 0.352 e. The Morgan fingerprint density at radius 2 is 2.03 bits per heavy atom. The number of halogens is 4. The zero-order valence-electron chi connectivity index (χ0n) is 16.1. The maximum absolute atomic E-state index is 13.1. The minimum absolute atomic E-state index is 0. The SMILES string of the molecule is CN=C(NCc1cn(C)nc1C(F)(F)F)NC1CCCN(c2ncccn2)C1.I. The topological polar surface area (TPSA) is 83.3 Å². The van der Waals surface area contributed by atoms with Crippen molar-refractivity contribution >= 4 is 35.9 Å². The fourth-order valence-electron chi connectivity index (χ4n) is 3.20. The standard InChI is InChI=1S/C17H23F3N8.HI/c1-21-15(24-9-12-10-27(2)26-14(12)17(18,19)20)25-13-5-3-8-28(11-13)16-22-6-4-7-23-16;/h4,6-7,10,13H,3,5,8-9,11H2,1-2H3,(H2,21,24,25);1H. The summed E-state index contributed by atoms with van der Waals surface area (Å²) in [5.74, 6) is 1.11. The molecule has 0 amide bonds. The Labute approximate surface area is 184 Å². The van der Waals surface area contributed by atoms with Crippen molar-refractivity contribution in [3.8, 4) is 0 Å². The number of nitrogens with zero attached hydrogens (tertiary/aromatic N) is 6. The third-order valence-corrected chi connectivity index (χ3v) is 4.44. The first kappa shape index (κ1) is 23.2. The number of hydrogen-bond acceptors (Lipinski definition) is 5. The Hall–Kier alpha value is -2.12. The normalized spacial score (nSPS) is 17.6. The van der Waals surface area contributed by atoms with Crippen LogP contribution in [-0.4, -0.2) is 51.9 Å². The molecule has 1 fully saturated rings. The molecule has 1 aliphatic rings.